The first-order valence-electron chi connectivity index (χ1n) is 9.39. The van der Waals surface area contributed by atoms with Gasteiger partial charge in [-0.05, 0) is 36.4 Å². The second kappa shape index (κ2) is 7.30. The van der Waals surface area contributed by atoms with Gasteiger partial charge in [0.05, 0.1) is 16.6 Å². The van der Waals surface area contributed by atoms with E-state index in [4.69, 9.17) is 4.98 Å². The van der Waals surface area contributed by atoms with Crippen molar-refractivity contribution in [1.82, 2.24) is 13.9 Å². The van der Waals surface area contributed by atoms with Gasteiger partial charge >= 0.3 is 0 Å². The number of carbonyl (C=O) groups is 1. The maximum absolute atomic E-state index is 12.7. The van der Waals surface area contributed by atoms with Crippen molar-refractivity contribution in [3.63, 3.8) is 0 Å². The maximum Gasteiger partial charge on any atom is 0.269 e. The molecule has 0 radical (unpaired) electrons. The Balaban J connectivity index is 1.43. The van der Waals surface area contributed by atoms with E-state index in [1.165, 1.54) is 17.8 Å². The van der Waals surface area contributed by atoms with Gasteiger partial charge in [0.1, 0.15) is 4.90 Å². The molecule has 0 saturated carbocycles. The topological polar surface area (TPSA) is 72.3 Å². The van der Waals surface area contributed by atoms with Crippen molar-refractivity contribution < 1.29 is 13.2 Å². The first-order chi connectivity index (χ1) is 14.6. The van der Waals surface area contributed by atoms with E-state index in [0.29, 0.717) is 5.75 Å². The molecule has 5 rings (SSSR count). The summed E-state index contributed by atoms with van der Waals surface area (Å²) >= 11 is 1.43. The molecule has 4 aromatic rings. The molecule has 0 saturated heterocycles. The van der Waals surface area contributed by atoms with Crippen LogP contribution in [0.25, 0.3) is 16.7 Å². The van der Waals surface area contributed by atoms with E-state index in [1.54, 1.807) is 18.2 Å². The number of nitrogens with zero attached hydrogens (tertiary/aromatic N) is 3. The number of para-hydroxylation sites is 3. The summed E-state index contributed by atoms with van der Waals surface area (Å²) in [5.41, 5.74) is 3.05. The highest BCUT2D eigenvalue weighted by Gasteiger charge is 2.40. The molecule has 0 spiro atoms. The van der Waals surface area contributed by atoms with Crippen LogP contribution in [0.2, 0.25) is 0 Å². The standard InChI is InChI=1S/C22H17N3O3S2/c26-21-17-10-4-7-13-20(17)30(27,28)24(21)14-15-29-22-23-18-11-5-6-12-19(18)25(22)16-8-2-1-3-9-16/h1-13H,14-15H2. The largest absolute Gasteiger partial charge is 0.287 e. The molecule has 6 nitrogen and oxygen atoms in total. The lowest BCUT2D eigenvalue weighted by Crippen LogP contribution is -2.32. The number of fused-ring (bicyclic) bond motifs is 2. The number of sulfonamides is 1. The zero-order chi connectivity index (χ0) is 20.7. The van der Waals surface area contributed by atoms with Crippen molar-refractivity contribution in [2.24, 2.45) is 0 Å². The van der Waals surface area contributed by atoms with E-state index >= 15 is 0 Å². The van der Waals surface area contributed by atoms with Crippen molar-refractivity contribution >= 4 is 38.7 Å². The Bertz CT molecular complexity index is 1360. The molecular formula is C22H17N3O3S2. The number of aromatic nitrogens is 2. The van der Waals surface area contributed by atoms with Gasteiger partial charge in [-0.2, -0.15) is 0 Å². The van der Waals surface area contributed by atoms with Crippen LogP contribution in [0.1, 0.15) is 10.4 Å². The zero-order valence-corrected chi connectivity index (χ0v) is 17.4. The summed E-state index contributed by atoms with van der Waals surface area (Å²) in [6.45, 7) is 0.0819. The second-order valence-electron chi connectivity index (χ2n) is 6.78. The average Bonchev–Trinajstić information content (AvgIpc) is 3.23. The molecular weight excluding hydrogens is 418 g/mol. The van der Waals surface area contributed by atoms with Crippen LogP contribution >= 0.6 is 11.8 Å². The maximum atomic E-state index is 12.7. The molecule has 3 aromatic carbocycles. The first-order valence-corrected chi connectivity index (χ1v) is 11.8. The third-order valence-corrected chi connectivity index (χ3v) is 7.74. The third-order valence-electron chi connectivity index (χ3n) is 4.98. The summed E-state index contributed by atoms with van der Waals surface area (Å²) < 4.78 is 28.5. The predicted octanol–water partition coefficient (Wildman–Crippen LogP) is 3.96. The highest BCUT2D eigenvalue weighted by atomic mass is 32.2. The summed E-state index contributed by atoms with van der Waals surface area (Å²) in [5.74, 6) is -0.0717. The van der Waals surface area contributed by atoms with Crippen molar-refractivity contribution in [3.05, 3.63) is 84.4 Å². The normalized spacial score (nSPS) is 14.9. The van der Waals surface area contributed by atoms with Crippen molar-refractivity contribution in [2.75, 3.05) is 12.3 Å². The minimum atomic E-state index is -3.79. The van der Waals surface area contributed by atoms with Crippen LogP contribution in [0.3, 0.4) is 0 Å². The van der Waals surface area contributed by atoms with Gasteiger partial charge in [-0.3, -0.25) is 9.36 Å². The predicted molar refractivity (Wildman–Crippen MR) is 116 cm³/mol. The second-order valence-corrected chi connectivity index (χ2v) is 9.67. The Morgan fingerprint density at radius 1 is 0.867 bits per heavy atom. The number of amides is 1. The van der Waals surface area contributed by atoms with E-state index in [-0.39, 0.29) is 17.0 Å². The minimum absolute atomic E-state index is 0.0801. The lowest BCUT2D eigenvalue weighted by atomic mass is 10.2. The monoisotopic (exact) mass is 435 g/mol. The average molecular weight is 436 g/mol. The van der Waals surface area contributed by atoms with E-state index < -0.39 is 15.9 Å². The summed E-state index contributed by atoms with van der Waals surface area (Å²) in [6.07, 6.45) is 0. The molecule has 8 heteroatoms. The molecule has 150 valence electrons. The Morgan fingerprint density at radius 2 is 1.57 bits per heavy atom. The number of benzene rings is 3. The van der Waals surface area contributed by atoms with Gasteiger partial charge < -0.3 is 0 Å². The fourth-order valence-corrected chi connectivity index (χ4v) is 6.24. The number of carbonyl (C=O) groups excluding carboxylic acids is 1. The molecule has 1 aliphatic rings. The molecule has 0 atom stereocenters. The van der Waals surface area contributed by atoms with Gasteiger partial charge in [-0.1, -0.05) is 54.2 Å². The minimum Gasteiger partial charge on any atom is -0.287 e. The molecule has 2 heterocycles. The van der Waals surface area contributed by atoms with Crippen molar-refractivity contribution in [2.45, 2.75) is 10.1 Å². The molecule has 1 aliphatic heterocycles. The van der Waals surface area contributed by atoms with E-state index in [1.807, 2.05) is 54.6 Å². The van der Waals surface area contributed by atoms with Gasteiger partial charge in [-0.25, -0.2) is 17.7 Å². The lowest BCUT2D eigenvalue weighted by molar-refractivity contribution is 0.0876. The lowest BCUT2D eigenvalue weighted by Gasteiger charge is -2.15. The molecule has 0 aliphatic carbocycles. The number of hydrogen-bond donors (Lipinski definition) is 0. The van der Waals surface area contributed by atoms with Crippen LogP contribution in [0, 0.1) is 0 Å². The van der Waals surface area contributed by atoms with Crippen LogP contribution in [0.5, 0.6) is 0 Å². The van der Waals surface area contributed by atoms with Crippen LogP contribution in [-0.2, 0) is 10.0 Å². The molecule has 0 unspecified atom stereocenters. The SMILES string of the molecule is O=C1c2ccccc2S(=O)(=O)N1CCSc1nc2ccccc2n1-c1ccccc1. The first kappa shape index (κ1) is 18.9. The number of thioether (sulfide) groups is 1. The van der Waals surface area contributed by atoms with E-state index in [0.717, 1.165) is 26.2 Å². The highest BCUT2D eigenvalue weighted by molar-refractivity contribution is 7.99. The van der Waals surface area contributed by atoms with Crippen LogP contribution in [0.4, 0.5) is 0 Å². The molecule has 0 N–H and O–H groups in total. The molecule has 1 amide bonds. The number of imidazole rings is 1. The Hall–Kier alpha value is -3.10. The van der Waals surface area contributed by atoms with Gasteiger partial charge in [0.15, 0.2) is 5.16 Å². The van der Waals surface area contributed by atoms with Crippen LogP contribution in [-0.4, -0.2) is 40.5 Å². The molecule has 0 bridgehead atoms. The summed E-state index contributed by atoms with van der Waals surface area (Å²) in [7, 11) is -3.79. The summed E-state index contributed by atoms with van der Waals surface area (Å²) in [4.78, 5) is 17.4. The van der Waals surface area contributed by atoms with Gasteiger partial charge in [0, 0.05) is 18.0 Å². The third kappa shape index (κ3) is 3.00. The zero-order valence-electron chi connectivity index (χ0n) is 15.8. The quantitative estimate of drug-likeness (QED) is 0.444. The molecule has 0 fully saturated rings. The smallest absolute Gasteiger partial charge is 0.269 e. The molecule has 30 heavy (non-hydrogen) atoms. The fourth-order valence-electron chi connectivity index (χ4n) is 3.60. The fraction of sp³-hybridized carbons (Fsp3) is 0.0909. The van der Waals surface area contributed by atoms with E-state index in [9.17, 15) is 13.2 Å². The Morgan fingerprint density at radius 3 is 2.37 bits per heavy atom. The highest BCUT2D eigenvalue weighted by Crippen LogP contribution is 2.32. The Kier molecular flexibility index (Phi) is 4.60. The van der Waals surface area contributed by atoms with Crippen molar-refractivity contribution in [1.29, 1.82) is 0 Å². The van der Waals surface area contributed by atoms with Gasteiger partial charge in [-0.15, -0.1) is 0 Å². The summed E-state index contributed by atoms with van der Waals surface area (Å²) in [5, 5.41) is 0.754. The molecule has 1 aromatic heterocycles. The van der Waals surface area contributed by atoms with Crippen LogP contribution in [0.15, 0.2) is 88.9 Å². The van der Waals surface area contributed by atoms with Crippen molar-refractivity contribution in [3.8, 4) is 5.69 Å². The van der Waals surface area contributed by atoms with Crippen LogP contribution < -0.4 is 0 Å². The number of hydrogen-bond acceptors (Lipinski definition) is 5. The van der Waals surface area contributed by atoms with Gasteiger partial charge in [0.2, 0.25) is 0 Å². The summed E-state index contributed by atoms with van der Waals surface area (Å²) in [6, 6.07) is 24.1. The van der Waals surface area contributed by atoms with Gasteiger partial charge in [0.25, 0.3) is 15.9 Å². The Labute approximate surface area is 178 Å². The number of rotatable bonds is 5. The van der Waals surface area contributed by atoms with E-state index in [2.05, 4.69) is 4.57 Å².